The van der Waals surface area contributed by atoms with Crippen LogP contribution in [0.2, 0.25) is 0 Å². The Morgan fingerprint density at radius 3 is 1.90 bits per heavy atom. The summed E-state index contributed by atoms with van der Waals surface area (Å²) in [5.74, 6) is 0.434. The third-order valence-electron chi connectivity index (χ3n) is 6.55. The van der Waals surface area contributed by atoms with Crippen molar-refractivity contribution in [3.05, 3.63) is 70.8 Å². The highest BCUT2D eigenvalue weighted by Crippen LogP contribution is 2.38. The van der Waals surface area contributed by atoms with E-state index < -0.39 is 24.7 Å². The lowest BCUT2D eigenvalue weighted by Crippen LogP contribution is -2.34. The summed E-state index contributed by atoms with van der Waals surface area (Å²) in [6.45, 7) is 4.44. The van der Waals surface area contributed by atoms with Crippen molar-refractivity contribution in [3.63, 3.8) is 0 Å². The smallest absolute Gasteiger partial charge is 0.161 e. The van der Waals surface area contributed by atoms with Gasteiger partial charge >= 0.3 is 0 Å². The molecule has 1 aromatic rings. The molecule has 4 rings (SSSR count). The van der Waals surface area contributed by atoms with Crippen LogP contribution in [0.5, 0.6) is 0 Å². The Kier molecular flexibility index (Phi) is 6.52. The maximum atomic E-state index is 15.0. The predicted octanol–water partition coefficient (Wildman–Crippen LogP) is 6.91. The van der Waals surface area contributed by atoms with Gasteiger partial charge in [-0.3, -0.25) is 0 Å². The van der Waals surface area contributed by atoms with Crippen LogP contribution >= 0.6 is 0 Å². The third-order valence-corrected chi connectivity index (χ3v) is 6.55. The lowest BCUT2D eigenvalue weighted by molar-refractivity contribution is 0.000360. The predicted molar refractivity (Wildman–Crippen MR) is 117 cm³/mol. The van der Waals surface area contributed by atoms with Crippen LogP contribution in [-0.4, -0.2) is 37.4 Å². The van der Waals surface area contributed by atoms with Crippen molar-refractivity contribution in [2.45, 2.75) is 63.9 Å². The molecule has 0 spiro atoms. The molecule has 3 aliphatic rings. The summed E-state index contributed by atoms with van der Waals surface area (Å²) in [5, 5.41) is 0. The fourth-order valence-electron chi connectivity index (χ4n) is 4.53. The maximum absolute atomic E-state index is 15.0. The second kappa shape index (κ2) is 9.15. The minimum atomic E-state index is -1.79. The van der Waals surface area contributed by atoms with E-state index in [4.69, 9.17) is 4.74 Å². The molecule has 1 nitrogen and oxygen atoms in total. The fraction of sp³-hybridized carbons (Fsp3) is 0.462. The quantitative estimate of drug-likeness (QED) is 0.470. The van der Waals surface area contributed by atoms with Crippen LogP contribution in [0.1, 0.15) is 44.2 Å². The molecular formula is C26H28F4O. The summed E-state index contributed by atoms with van der Waals surface area (Å²) in [7, 11) is 0. The van der Waals surface area contributed by atoms with Crippen molar-refractivity contribution in [3.8, 4) is 0 Å². The summed E-state index contributed by atoms with van der Waals surface area (Å²) in [6.07, 6.45) is 1.26. The molecule has 6 unspecified atom stereocenters. The van der Waals surface area contributed by atoms with Gasteiger partial charge in [-0.05, 0) is 58.6 Å². The van der Waals surface area contributed by atoms with E-state index in [0.717, 1.165) is 6.42 Å². The Balaban J connectivity index is 1.55. The summed E-state index contributed by atoms with van der Waals surface area (Å²) in [4.78, 5) is 0. The standard InChI is InChI=1S/C26H28F4O/c1-3-16-9-10-19(24(28)23(16)27)17-5-7-18(8-6-17)20-11-12-21(26(30)25(20)29)22-13-4-15(2)14-31-22/h5-12,15,22-26H,3-4,13-14H2,1-2H3. The van der Waals surface area contributed by atoms with Gasteiger partial charge in [0.25, 0.3) is 0 Å². The Labute approximate surface area is 181 Å². The number of halogens is 4. The molecule has 1 heterocycles. The molecule has 1 aromatic carbocycles. The van der Waals surface area contributed by atoms with Crippen LogP contribution in [0.25, 0.3) is 11.1 Å². The van der Waals surface area contributed by atoms with E-state index >= 15 is 0 Å². The van der Waals surface area contributed by atoms with Gasteiger partial charge in [-0.1, -0.05) is 62.4 Å². The first kappa shape index (κ1) is 22.1. The van der Waals surface area contributed by atoms with Crippen LogP contribution in [0.3, 0.4) is 0 Å². The van der Waals surface area contributed by atoms with Gasteiger partial charge in [0.15, 0.2) is 24.7 Å². The third kappa shape index (κ3) is 4.30. The second-order valence-corrected chi connectivity index (χ2v) is 8.69. The van der Waals surface area contributed by atoms with Gasteiger partial charge in [0.05, 0.1) is 6.10 Å². The molecule has 0 aromatic heterocycles. The fourth-order valence-corrected chi connectivity index (χ4v) is 4.53. The average molecular weight is 433 g/mol. The molecule has 0 bridgehead atoms. The van der Waals surface area contributed by atoms with E-state index in [1.165, 1.54) is 0 Å². The Hall–Kier alpha value is -2.14. The summed E-state index contributed by atoms with van der Waals surface area (Å²) in [5.41, 5.74) is 2.38. The van der Waals surface area contributed by atoms with Crippen molar-refractivity contribution in [1.29, 1.82) is 0 Å². The van der Waals surface area contributed by atoms with Crippen LogP contribution in [0, 0.1) is 5.92 Å². The van der Waals surface area contributed by atoms with Gasteiger partial charge in [0.2, 0.25) is 0 Å². The lowest BCUT2D eigenvalue weighted by atomic mass is 9.84. The molecule has 1 aliphatic heterocycles. The highest BCUT2D eigenvalue weighted by atomic mass is 19.2. The van der Waals surface area contributed by atoms with Crippen LogP contribution in [0.4, 0.5) is 17.6 Å². The van der Waals surface area contributed by atoms with Crippen molar-refractivity contribution >= 4 is 11.1 Å². The van der Waals surface area contributed by atoms with E-state index in [1.54, 1.807) is 55.5 Å². The molecule has 0 amide bonds. The highest BCUT2D eigenvalue weighted by molar-refractivity contribution is 5.77. The second-order valence-electron chi connectivity index (χ2n) is 8.69. The van der Waals surface area contributed by atoms with Crippen molar-refractivity contribution in [2.75, 3.05) is 6.61 Å². The van der Waals surface area contributed by atoms with Crippen molar-refractivity contribution < 1.29 is 22.3 Å². The van der Waals surface area contributed by atoms with E-state index in [1.807, 2.05) is 0 Å². The molecule has 5 heteroatoms. The summed E-state index contributed by atoms with van der Waals surface area (Å²) < 4.78 is 64.4. The van der Waals surface area contributed by atoms with Gasteiger partial charge in [-0.15, -0.1) is 0 Å². The first-order chi connectivity index (χ1) is 14.9. The Morgan fingerprint density at radius 1 is 0.774 bits per heavy atom. The van der Waals surface area contributed by atoms with Gasteiger partial charge in [-0.25, -0.2) is 17.6 Å². The molecule has 31 heavy (non-hydrogen) atoms. The van der Waals surface area contributed by atoms with E-state index in [2.05, 4.69) is 6.92 Å². The zero-order valence-corrected chi connectivity index (χ0v) is 17.8. The monoisotopic (exact) mass is 432 g/mol. The number of benzene rings is 1. The van der Waals surface area contributed by atoms with Gasteiger partial charge in [-0.2, -0.15) is 0 Å². The number of allylic oxidation sites excluding steroid dienone is 7. The van der Waals surface area contributed by atoms with Crippen LogP contribution in [0.15, 0.2) is 59.7 Å². The largest absolute Gasteiger partial charge is 0.373 e. The normalized spacial score (nSPS) is 33.9. The first-order valence-electron chi connectivity index (χ1n) is 11.0. The minimum Gasteiger partial charge on any atom is -0.373 e. The number of alkyl halides is 4. The van der Waals surface area contributed by atoms with Crippen LogP contribution in [-0.2, 0) is 4.74 Å². The molecule has 166 valence electrons. The summed E-state index contributed by atoms with van der Waals surface area (Å²) >= 11 is 0. The zero-order valence-electron chi connectivity index (χ0n) is 17.8. The molecule has 0 saturated carbocycles. The minimum absolute atomic E-state index is 0.248. The number of hydrogen-bond acceptors (Lipinski definition) is 1. The summed E-state index contributed by atoms with van der Waals surface area (Å²) in [6, 6.07) is 6.55. The molecule has 1 saturated heterocycles. The average Bonchev–Trinajstić information content (AvgIpc) is 2.78. The first-order valence-corrected chi connectivity index (χ1v) is 11.0. The van der Waals surface area contributed by atoms with E-state index in [9.17, 15) is 17.6 Å². The van der Waals surface area contributed by atoms with Crippen LogP contribution < -0.4 is 0 Å². The number of rotatable bonds is 4. The highest BCUT2D eigenvalue weighted by Gasteiger charge is 2.37. The molecule has 0 radical (unpaired) electrons. The Morgan fingerprint density at radius 2 is 1.35 bits per heavy atom. The molecule has 6 atom stereocenters. The van der Waals surface area contributed by atoms with Gasteiger partial charge < -0.3 is 4.74 Å². The van der Waals surface area contributed by atoms with E-state index in [0.29, 0.717) is 47.6 Å². The molecule has 0 N–H and O–H groups in total. The van der Waals surface area contributed by atoms with Gasteiger partial charge in [0.1, 0.15) is 0 Å². The molecular weight excluding hydrogens is 404 g/mol. The number of ether oxygens (including phenoxy) is 1. The van der Waals surface area contributed by atoms with Crippen molar-refractivity contribution in [1.82, 2.24) is 0 Å². The maximum Gasteiger partial charge on any atom is 0.161 e. The molecule has 1 fully saturated rings. The lowest BCUT2D eigenvalue weighted by Gasteiger charge is -2.33. The zero-order chi connectivity index (χ0) is 22.1. The topological polar surface area (TPSA) is 9.23 Å². The number of hydrogen-bond donors (Lipinski definition) is 0. The van der Waals surface area contributed by atoms with E-state index in [-0.39, 0.29) is 17.3 Å². The SMILES string of the molecule is CCC1=CC=C(c2ccc(C3=CC=C(C4CCC(C)CO4)C(F)C3F)cc2)C(F)C1F. The Bertz CT molecular complexity index is 919. The van der Waals surface area contributed by atoms with Crippen molar-refractivity contribution in [2.24, 2.45) is 5.92 Å². The van der Waals surface area contributed by atoms with Gasteiger partial charge in [0, 0.05) is 6.61 Å². The molecule has 2 aliphatic carbocycles.